The maximum absolute atomic E-state index is 12.6. The molecule has 0 aliphatic heterocycles. The fourth-order valence-electron chi connectivity index (χ4n) is 2.45. The highest BCUT2D eigenvalue weighted by atomic mass is 32.1. The maximum Gasteiger partial charge on any atom is 0.416 e. The molecule has 1 heterocycles. The molecule has 0 saturated heterocycles. The lowest BCUT2D eigenvalue weighted by Crippen LogP contribution is -2.26. The van der Waals surface area contributed by atoms with Gasteiger partial charge in [-0.15, -0.1) is 11.3 Å². The summed E-state index contributed by atoms with van der Waals surface area (Å²) in [4.78, 5) is 27.3. The number of nitrogens with one attached hydrogen (secondary N) is 1. The quantitative estimate of drug-likeness (QED) is 0.493. The topological polar surface area (TPSA) is 68.3 Å². The Morgan fingerprint density at radius 3 is 2.50 bits per heavy atom. The Morgan fingerprint density at radius 1 is 1.14 bits per heavy atom. The molecule has 0 saturated carbocycles. The molecular formula is C19H21F3N2O3S. The first kappa shape index (κ1) is 21.9. The summed E-state index contributed by atoms with van der Waals surface area (Å²) in [5.74, 6) is -0.409. The number of esters is 1. The number of alkyl halides is 3. The lowest BCUT2D eigenvalue weighted by atomic mass is 10.1. The van der Waals surface area contributed by atoms with E-state index in [-0.39, 0.29) is 18.3 Å². The molecule has 9 heteroatoms. The molecule has 0 unspecified atom stereocenters. The minimum absolute atomic E-state index is 0.110. The van der Waals surface area contributed by atoms with Crippen LogP contribution in [0, 0.1) is 0 Å². The van der Waals surface area contributed by atoms with Crippen LogP contribution in [0.1, 0.15) is 36.9 Å². The van der Waals surface area contributed by atoms with Gasteiger partial charge in [0.2, 0.25) is 5.91 Å². The van der Waals surface area contributed by atoms with Gasteiger partial charge in [0.15, 0.2) is 0 Å². The number of ether oxygens (including phenoxy) is 1. The summed E-state index contributed by atoms with van der Waals surface area (Å²) in [6.45, 7) is 0.510. The van der Waals surface area contributed by atoms with Gasteiger partial charge in [-0.3, -0.25) is 9.59 Å². The highest BCUT2D eigenvalue weighted by Crippen LogP contribution is 2.31. The Labute approximate surface area is 164 Å². The number of methoxy groups -OCH3 is 1. The standard InChI is InChI=1S/C19H21F3N2O3S/c1-27-17(26)5-3-2-4-10-23-16(25)11-15-12-28-18(24-15)13-6-8-14(9-7-13)19(20,21)22/h6-9,12H,2-5,10-11H2,1H3,(H,23,25). The molecule has 0 atom stereocenters. The first-order valence-electron chi connectivity index (χ1n) is 8.75. The second-order valence-corrected chi connectivity index (χ2v) is 6.99. The number of hydrogen-bond acceptors (Lipinski definition) is 5. The number of hydrogen-bond donors (Lipinski definition) is 1. The van der Waals surface area contributed by atoms with E-state index in [0.717, 1.165) is 25.0 Å². The summed E-state index contributed by atoms with van der Waals surface area (Å²) in [6.07, 6.45) is -1.61. The van der Waals surface area contributed by atoms with Crippen molar-refractivity contribution in [1.29, 1.82) is 0 Å². The largest absolute Gasteiger partial charge is 0.469 e. The highest BCUT2D eigenvalue weighted by molar-refractivity contribution is 7.13. The van der Waals surface area contributed by atoms with E-state index in [9.17, 15) is 22.8 Å². The molecule has 1 aromatic carbocycles. The molecule has 28 heavy (non-hydrogen) atoms. The smallest absolute Gasteiger partial charge is 0.416 e. The van der Waals surface area contributed by atoms with E-state index in [1.54, 1.807) is 5.38 Å². The van der Waals surface area contributed by atoms with E-state index in [2.05, 4.69) is 15.0 Å². The van der Waals surface area contributed by atoms with Gasteiger partial charge < -0.3 is 10.1 Å². The number of halogens is 3. The third kappa shape index (κ3) is 6.95. The fraction of sp³-hybridized carbons (Fsp3) is 0.421. The van der Waals surface area contributed by atoms with Crippen molar-refractivity contribution in [2.75, 3.05) is 13.7 Å². The van der Waals surface area contributed by atoms with E-state index in [0.29, 0.717) is 35.7 Å². The van der Waals surface area contributed by atoms with Crippen molar-refractivity contribution in [3.8, 4) is 10.6 Å². The summed E-state index contributed by atoms with van der Waals surface area (Å²) in [6, 6.07) is 4.78. The average molecular weight is 414 g/mol. The van der Waals surface area contributed by atoms with Crippen LogP contribution < -0.4 is 5.32 Å². The van der Waals surface area contributed by atoms with E-state index in [1.165, 1.54) is 30.6 Å². The number of rotatable bonds is 9. The molecule has 0 bridgehead atoms. The second-order valence-electron chi connectivity index (χ2n) is 6.13. The lowest BCUT2D eigenvalue weighted by molar-refractivity contribution is -0.141. The number of amides is 1. The predicted molar refractivity (Wildman–Crippen MR) is 99.7 cm³/mol. The third-order valence-corrected chi connectivity index (χ3v) is 4.90. The van der Waals surface area contributed by atoms with Gasteiger partial charge in [0.05, 0.1) is 24.8 Å². The molecule has 2 aromatic rings. The molecule has 2 rings (SSSR count). The number of carbonyl (C=O) groups excluding carboxylic acids is 2. The Hall–Kier alpha value is -2.42. The molecule has 0 radical (unpaired) electrons. The van der Waals surface area contributed by atoms with Gasteiger partial charge in [0, 0.05) is 23.9 Å². The summed E-state index contributed by atoms with van der Waals surface area (Å²) in [5, 5.41) is 5.08. The van der Waals surface area contributed by atoms with Crippen LogP contribution in [-0.4, -0.2) is 30.5 Å². The van der Waals surface area contributed by atoms with Crippen molar-refractivity contribution < 1.29 is 27.5 Å². The van der Waals surface area contributed by atoms with Crippen LogP contribution in [0.2, 0.25) is 0 Å². The van der Waals surface area contributed by atoms with Crippen LogP contribution in [0.5, 0.6) is 0 Å². The second kappa shape index (κ2) is 10.2. The Morgan fingerprint density at radius 2 is 1.86 bits per heavy atom. The van der Waals surface area contributed by atoms with Gasteiger partial charge in [-0.25, -0.2) is 4.98 Å². The van der Waals surface area contributed by atoms with E-state index in [1.807, 2.05) is 0 Å². The van der Waals surface area contributed by atoms with Crippen LogP contribution in [-0.2, 0) is 26.9 Å². The maximum atomic E-state index is 12.6. The van der Waals surface area contributed by atoms with Crippen LogP contribution in [0.3, 0.4) is 0 Å². The molecule has 0 aliphatic rings. The first-order valence-corrected chi connectivity index (χ1v) is 9.63. The zero-order valence-corrected chi connectivity index (χ0v) is 16.2. The number of aromatic nitrogens is 1. The van der Waals surface area contributed by atoms with E-state index >= 15 is 0 Å². The summed E-state index contributed by atoms with van der Waals surface area (Å²) < 4.78 is 42.4. The van der Waals surface area contributed by atoms with Gasteiger partial charge in [0.25, 0.3) is 0 Å². The number of thiazole rings is 1. The SMILES string of the molecule is COC(=O)CCCCCNC(=O)Cc1csc(-c2ccc(C(F)(F)F)cc2)n1. The number of carbonyl (C=O) groups is 2. The minimum atomic E-state index is -4.37. The molecule has 0 fully saturated rings. The van der Waals surface area contributed by atoms with Gasteiger partial charge in [0.1, 0.15) is 5.01 Å². The zero-order valence-electron chi connectivity index (χ0n) is 15.3. The van der Waals surface area contributed by atoms with Crippen LogP contribution in [0.15, 0.2) is 29.6 Å². The van der Waals surface area contributed by atoms with Crippen LogP contribution >= 0.6 is 11.3 Å². The molecule has 1 N–H and O–H groups in total. The van der Waals surface area contributed by atoms with Gasteiger partial charge in [-0.2, -0.15) is 13.2 Å². The Balaban J connectivity index is 1.76. The third-order valence-electron chi connectivity index (χ3n) is 3.96. The minimum Gasteiger partial charge on any atom is -0.469 e. The normalized spacial score (nSPS) is 11.3. The van der Waals surface area contributed by atoms with Gasteiger partial charge in [-0.1, -0.05) is 18.6 Å². The molecular weight excluding hydrogens is 393 g/mol. The summed E-state index contributed by atoms with van der Waals surface area (Å²) in [7, 11) is 1.35. The molecule has 1 aromatic heterocycles. The van der Waals surface area contributed by atoms with Crippen molar-refractivity contribution in [1.82, 2.24) is 10.3 Å². The van der Waals surface area contributed by atoms with Gasteiger partial charge >= 0.3 is 12.1 Å². The monoisotopic (exact) mass is 414 g/mol. The Kier molecular flexibility index (Phi) is 7.98. The van der Waals surface area contributed by atoms with Crippen molar-refractivity contribution >= 4 is 23.2 Å². The molecule has 152 valence electrons. The summed E-state index contributed by atoms with van der Waals surface area (Å²) in [5.41, 5.74) is 0.442. The van der Waals surface area contributed by atoms with Crippen molar-refractivity contribution in [2.45, 2.75) is 38.3 Å². The molecule has 0 aliphatic carbocycles. The number of benzene rings is 1. The molecule has 1 amide bonds. The number of nitrogens with zero attached hydrogens (tertiary/aromatic N) is 1. The molecule has 5 nitrogen and oxygen atoms in total. The lowest BCUT2D eigenvalue weighted by Gasteiger charge is -2.06. The highest BCUT2D eigenvalue weighted by Gasteiger charge is 2.30. The predicted octanol–water partition coefficient (Wildman–Crippen LogP) is 4.22. The molecule has 0 spiro atoms. The average Bonchev–Trinajstić information content (AvgIpc) is 3.12. The van der Waals surface area contributed by atoms with E-state index in [4.69, 9.17) is 0 Å². The summed E-state index contributed by atoms with van der Waals surface area (Å²) >= 11 is 1.28. The Bertz CT molecular complexity index is 788. The fourth-order valence-corrected chi connectivity index (χ4v) is 3.28. The first-order chi connectivity index (χ1) is 13.3. The number of unbranched alkanes of at least 4 members (excludes halogenated alkanes) is 2. The van der Waals surface area contributed by atoms with Crippen molar-refractivity contribution in [2.24, 2.45) is 0 Å². The van der Waals surface area contributed by atoms with Crippen LogP contribution in [0.25, 0.3) is 10.6 Å². The van der Waals surface area contributed by atoms with Crippen molar-refractivity contribution in [3.63, 3.8) is 0 Å². The van der Waals surface area contributed by atoms with Crippen molar-refractivity contribution in [3.05, 3.63) is 40.9 Å². The van der Waals surface area contributed by atoms with E-state index < -0.39 is 11.7 Å². The van der Waals surface area contributed by atoms with Gasteiger partial charge in [-0.05, 0) is 25.0 Å². The zero-order chi connectivity index (χ0) is 20.6. The van der Waals surface area contributed by atoms with Crippen LogP contribution in [0.4, 0.5) is 13.2 Å².